The zero-order valence-corrected chi connectivity index (χ0v) is 76.8. The Labute approximate surface area is 779 Å². The molecule has 0 fully saturated rings. The Hall–Kier alpha value is -14.6. The molecule has 0 nitrogen and oxygen atoms in total. The van der Waals surface area contributed by atoms with Crippen molar-refractivity contribution >= 4 is 0 Å². The summed E-state index contributed by atoms with van der Waals surface area (Å²) in [5.74, 6) is 21.2. The van der Waals surface area contributed by atoms with Gasteiger partial charge in [-0.3, -0.25) is 0 Å². The van der Waals surface area contributed by atoms with Crippen LogP contribution in [0.15, 0.2) is 303 Å². The summed E-state index contributed by atoms with van der Waals surface area (Å²) in [6.45, 7) is 19.7. The highest BCUT2D eigenvalue weighted by atomic mass is 19.2. The second-order valence-corrected chi connectivity index (χ2v) is 32.8. The van der Waals surface area contributed by atoms with Crippen LogP contribution in [0, 0.1) is 145 Å². The molecule has 0 atom stereocenters. The molecule has 15 rings (SSSR count). The summed E-state index contributed by atoms with van der Waals surface area (Å²) in [7, 11) is 0. The minimum atomic E-state index is -0.628. The molecule has 0 aliphatic carbocycles. The number of benzene rings is 15. The van der Waals surface area contributed by atoms with Gasteiger partial charge in [-0.15, -0.1) is 0 Å². The number of halogens is 10. The molecule has 0 saturated heterocycles. The Morgan fingerprint density at radius 1 is 0.165 bits per heavy atom. The van der Waals surface area contributed by atoms with Gasteiger partial charge in [0, 0.05) is 27.8 Å². The van der Waals surface area contributed by atoms with E-state index in [0.29, 0.717) is 51.8 Å². The van der Waals surface area contributed by atoms with Crippen molar-refractivity contribution in [2.24, 2.45) is 0 Å². The van der Waals surface area contributed by atoms with Crippen LogP contribution in [0.2, 0.25) is 0 Å². The van der Waals surface area contributed by atoms with E-state index in [-0.39, 0.29) is 27.8 Å². The van der Waals surface area contributed by atoms with Crippen LogP contribution in [0.5, 0.6) is 0 Å². The largest absolute Gasteiger partial charge is 0.206 e. The first-order valence-electron chi connectivity index (χ1n) is 45.2. The molecule has 0 N–H and O–H groups in total. The first-order valence-corrected chi connectivity index (χ1v) is 45.2. The quantitative estimate of drug-likeness (QED) is 0.0456. The maximum absolute atomic E-state index is 14.4. The molecule has 0 aromatic heterocycles. The second-order valence-electron chi connectivity index (χ2n) is 32.8. The van der Waals surface area contributed by atoms with Gasteiger partial charge in [0.15, 0.2) is 0 Å². The number of unbranched alkanes of at least 4 members (excludes halogenated alkanes) is 2. The molecule has 10 heteroatoms. The lowest BCUT2D eigenvalue weighted by molar-refractivity contribution is 0.571. The maximum atomic E-state index is 14.4. The van der Waals surface area contributed by atoms with Gasteiger partial charge in [-0.25, -0.2) is 43.9 Å². The second kappa shape index (κ2) is 50.0. The summed E-state index contributed by atoms with van der Waals surface area (Å²) in [6.07, 6.45) is 12.9. The molecule has 0 amide bonds. The fraction of sp³-hybridized carbons (Fsp3) is 0.187. The highest BCUT2D eigenvalue weighted by Crippen LogP contribution is 2.29. The highest BCUT2D eigenvalue weighted by Gasteiger charge is 2.15. The lowest BCUT2D eigenvalue weighted by Crippen LogP contribution is -1.95. The van der Waals surface area contributed by atoms with Crippen molar-refractivity contribution in [3.05, 3.63) is 473 Å². The van der Waals surface area contributed by atoms with Crippen molar-refractivity contribution in [3.63, 3.8) is 0 Å². The Morgan fingerprint density at radius 3 is 0.549 bits per heavy atom. The monoisotopic (exact) mass is 1770 g/mol. The molecule has 0 aliphatic rings. The predicted octanol–water partition coefficient (Wildman–Crippen LogP) is 32.5. The van der Waals surface area contributed by atoms with Gasteiger partial charge in [-0.1, -0.05) is 327 Å². The minimum Gasteiger partial charge on any atom is -0.206 e. The molecule has 0 bridgehead atoms. The van der Waals surface area contributed by atoms with Gasteiger partial charge in [0.25, 0.3) is 0 Å². The molecule has 0 heterocycles. The first-order chi connectivity index (χ1) is 64.4. The lowest BCUT2D eigenvalue weighted by atomic mass is 10.0. The van der Waals surface area contributed by atoms with Gasteiger partial charge < -0.3 is 0 Å². The van der Waals surface area contributed by atoms with Gasteiger partial charge >= 0.3 is 0 Å². The van der Waals surface area contributed by atoms with E-state index in [1.165, 1.54) is 88.5 Å². The van der Waals surface area contributed by atoms with E-state index >= 15 is 0 Å². The summed E-state index contributed by atoms with van der Waals surface area (Å²) in [5, 5.41) is 0. The van der Waals surface area contributed by atoms with E-state index in [9.17, 15) is 43.9 Å². The van der Waals surface area contributed by atoms with E-state index in [4.69, 9.17) is 0 Å². The SMILES string of the molecule is CCCCCc1cc(F)c(C#Cc2ccc(-c3ccc(CCC)cc3)cc2)c(F)c1.CCCc1ccc(-c2ccc(C#Cc3c(F)cc(C)cc3F)cc2)cc1.CCCc1ccc(-c2ccc(C#Cc3c(F)cc(CCC)cc3F)cc2)cc1.CCc1ccc(-c2ccc(C#Cc3c(F)cc(C)cc3F)cc2)cc1.Cc1ccc(-c2ccc(C#Cc3c(F)cc(C)cc3F)cc2)cc1. The normalized spacial score (nSPS) is 10.3. The van der Waals surface area contributed by atoms with Gasteiger partial charge in [-0.2, -0.15) is 0 Å². The standard InChI is InChI=1S/C28H28F2.C26H24F2.C24H20F2.C23H18F2.C22H16F2/c1-3-5-6-8-23-19-27(29)26(28(30)20-23)18-13-22-11-16-25(17-12-22)24-14-9-21(7-4-2)10-15-24;1-3-5-19-7-12-22(13-8-19)23-14-9-20(10-15-23)11-16-24-25(27)17-21(6-4-2)18-26(24)28;1-3-4-18-5-10-20(11-6-18)21-12-7-19(8-13-21)9-14-22-23(25)15-17(2)16-24(22)26;1-3-17-4-9-19(10-5-17)20-11-6-18(7-12-20)8-13-21-22(24)14-16(2)15-23(21)25;1-15-3-8-18(9-4-15)19-10-5-17(6-11-19)7-12-20-21(23)13-16(2)14-22(20)24/h9-12,14-17,19-20H,3-8H2,1-2H3;7-10,12-15,17-18H,3-6H2,1-2H3;5-8,10-13,15-16H,3-4H2,1-2H3;4-7,9-12,14-15H,3H2,1-2H3;3-6,8-11,13-14H,1-2H3. The van der Waals surface area contributed by atoms with Crippen molar-refractivity contribution in [3.8, 4) is 115 Å². The van der Waals surface area contributed by atoms with Gasteiger partial charge in [-0.05, 0) is 300 Å². The number of hydrogen-bond donors (Lipinski definition) is 0. The third-order valence-electron chi connectivity index (χ3n) is 22.0. The van der Waals surface area contributed by atoms with E-state index in [1.54, 1.807) is 20.8 Å². The summed E-state index contributed by atoms with van der Waals surface area (Å²) < 4.78 is 140. The van der Waals surface area contributed by atoms with E-state index < -0.39 is 58.2 Å². The molecule has 0 unspecified atom stereocenters. The first kappa shape index (κ1) is 99.0. The van der Waals surface area contributed by atoms with Crippen LogP contribution in [-0.2, 0) is 38.5 Å². The van der Waals surface area contributed by atoms with Gasteiger partial charge in [0.05, 0.1) is 27.8 Å². The van der Waals surface area contributed by atoms with Crippen molar-refractivity contribution in [2.45, 2.75) is 153 Å². The Kier molecular flexibility index (Phi) is 37.2. The number of aryl methyl sites for hydroxylation is 10. The molecular weight excluding hydrogens is 1670 g/mol. The van der Waals surface area contributed by atoms with Crippen LogP contribution in [0.1, 0.15) is 198 Å². The fourth-order valence-corrected chi connectivity index (χ4v) is 14.6. The third kappa shape index (κ3) is 29.7. The summed E-state index contributed by atoms with van der Waals surface area (Å²) >= 11 is 0. The number of rotatable bonds is 18. The van der Waals surface area contributed by atoms with Crippen LogP contribution in [0.3, 0.4) is 0 Å². The highest BCUT2D eigenvalue weighted by molar-refractivity contribution is 5.70. The van der Waals surface area contributed by atoms with Crippen LogP contribution in [0.25, 0.3) is 55.6 Å². The molecular formula is C123H106F10. The zero-order valence-electron chi connectivity index (χ0n) is 76.8. The van der Waals surface area contributed by atoms with E-state index in [1.807, 2.05) is 135 Å². The van der Waals surface area contributed by atoms with Gasteiger partial charge in [0.1, 0.15) is 58.2 Å². The smallest absolute Gasteiger partial charge is 0.142 e. The molecule has 0 spiro atoms. The summed E-state index contributed by atoms with van der Waals surface area (Å²) in [5.41, 5.74) is 23.3. The fourth-order valence-electron chi connectivity index (χ4n) is 14.6. The molecule has 0 aliphatic heterocycles. The molecule has 0 radical (unpaired) electrons. The number of hydrogen-bond acceptors (Lipinski definition) is 0. The van der Waals surface area contributed by atoms with Crippen molar-refractivity contribution in [1.29, 1.82) is 0 Å². The van der Waals surface area contributed by atoms with Crippen LogP contribution in [0.4, 0.5) is 43.9 Å². The zero-order chi connectivity index (χ0) is 94.7. The van der Waals surface area contributed by atoms with Crippen molar-refractivity contribution in [2.75, 3.05) is 0 Å². The van der Waals surface area contributed by atoms with Crippen LogP contribution >= 0.6 is 0 Å². The molecule has 15 aromatic rings. The summed E-state index contributed by atoms with van der Waals surface area (Å²) in [4.78, 5) is 0. The van der Waals surface area contributed by atoms with Crippen molar-refractivity contribution in [1.82, 2.24) is 0 Å². The molecule has 133 heavy (non-hydrogen) atoms. The maximum Gasteiger partial charge on any atom is 0.142 e. The van der Waals surface area contributed by atoms with E-state index in [2.05, 4.69) is 215 Å². The molecule has 15 aromatic carbocycles. The average Bonchev–Trinajstić information content (AvgIpc) is 0.857. The van der Waals surface area contributed by atoms with Gasteiger partial charge in [0.2, 0.25) is 0 Å². The van der Waals surface area contributed by atoms with Crippen molar-refractivity contribution < 1.29 is 43.9 Å². The van der Waals surface area contributed by atoms with E-state index in [0.717, 1.165) is 143 Å². The Balaban J connectivity index is 0.000000160. The topological polar surface area (TPSA) is 0 Å². The molecule has 668 valence electrons. The predicted molar refractivity (Wildman–Crippen MR) is 529 cm³/mol. The Morgan fingerprint density at radius 2 is 0.346 bits per heavy atom. The average molecular weight is 1770 g/mol. The third-order valence-corrected chi connectivity index (χ3v) is 22.0. The lowest BCUT2D eigenvalue weighted by Gasteiger charge is -2.05. The summed E-state index contributed by atoms with van der Waals surface area (Å²) in [6, 6.07) is 94.0. The van der Waals surface area contributed by atoms with Crippen LogP contribution < -0.4 is 0 Å². The minimum absolute atomic E-state index is 0.162. The molecule has 0 saturated carbocycles. The Bertz CT molecular complexity index is 6640. The van der Waals surface area contributed by atoms with Crippen LogP contribution in [-0.4, -0.2) is 0 Å².